The highest BCUT2D eigenvalue weighted by molar-refractivity contribution is 6.11. The number of rotatable bonds is 4. The van der Waals surface area contributed by atoms with Crippen molar-refractivity contribution < 1.29 is 33.4 Å². The molecule has 2 N–H and O–H groups in total. The number of imide groups is 1. The van der Waals surface area contributed by atoms with Gasteiger partial charge in [0.05, 0.1) is 25.4 Å². The summed E-state index contributed by atoms with van der Waals surface area (Å²) in [5, 5.41) is 5.33. The van der Waals surface area contributed by atoms with Gasteiger partial charge in [0.2, 0.25) is 0 Å². The van der Waals surface area contributed by atoms with Gasteiger partial charge >= 0.3 is 6.03 Å². The van der Waals surface area contributed by atoms with Gasteiger partial charge < -0.3 is 24.8 Å². The van der Waals surface area contributed by atoms with Gasteiger partial charge in [0.1, 0.15) is 11.3 Å². The Labute approximate surface area is 188 Å². The van der Waals surface area contributed by atoms with Gasteiger partial charge in [-0.15, -0.1) is 0 Å². The van der Waals surface area contributed by atoms with E-state index in [0.29, 0.717) is 41.7 Å². The van der Waals surface area contributed by atoms with Gasteiger partial charge in [-0.1, -0.05) is 6.07 Å². The number of nitrogens with one attached hydrogen (secondary N) is 2. The van der Waals surface area contributed by atoms with E-state index >= 15 is 0 Å². The molecule has 10 heteroatoms. The van der Waals surface area contributed by atoms with Gasteiger partial charge in [0.15, 0.2) is 23.9 Å². The van der Waals surface area contributed by atoms with Crippen molar-refractivity contribution in [3.05, 3.63) is 47.5 Å². The fourth-order valence-electron chi connectivity index (χ4n) is 4.00. The van der Waals surface area contributed by atoms with Crippen LogP contribution in [-0.2, 0) is 15.1 Å². The molecule has 2 aromatic rings. The molecule has 1 unspecified atom stereocenters. The second-order valence-electron chi connectivity index (χ2n) is 8.13. The predicted molar refractivity (Wildman–Crippen MR) is 115 cm³/mol. The molecule has 0 saturated carbocycles. The number of Topliss-reactive ketones (excluding diaryl/α,β-unsaturated/α-hetero) is 1. The van der Waals surface area contributed by atoms with E-state index in [1.807, 2.05) is 0 Å². The summed E-state index contributed by atoms with van der Waals surface area (Å²) in [6.45, 7) is 2.07. The molecule has 0 radical (unpaired) electrons. The number of benzene rings is 2. The third-order valence-electron chi connectivity index (χ3n) is 5.84. The summed E-state index contributed by atoms with van der Waals surface area (Å²) in [4.78, 5) is 51.2. The number of hydrogen-bond donors (Lipinski definition) is 2. The van der Waals surface area contributed by atoms with E-state index in [1.165, 1.54) is 12.1 Å². The SMILES string of the molecule is CC1(c2ccc3c(c2)OCCCO3)NC(=O)N(CC(=O)c2ccc3c(c2)NC(=O)CO3)C1=O. The zero-order valence-corrected chi connectivity index (χ0v) is 17.8. The van der Waals surface area contributed by atoms with Gasteiger partial charge in [-0.05, 0) is 42.8 Å². The maximum absolute atomic E-state index is 13.3. The summed E-state index contributed by atoms with van der Waals surface area (Å²) in [5.74, 6) is 0.192. The molecule has 170 valence electrons. The number of anilines is 1. The number of urea groups is 1. The monoisotopic (exact) mass is 451 g/mol. The molecule has 4 amide bonds. The van der Waals surface area contributed by atoms with Crippen LogP contribution in [0.4, 0.5) is 10.5 Å². The van der Waals surface area contributed by atoms with Crippen LogP contribution in [-0.4, -0.2) is 54.9 Å². The fraction of sp³-hybridized carbons (Fsp3) is 0.304. The first-order valence-corrected chi connectivity index (χ1v) is 10.5. The van der Waals surface area contributed by atoms with Gasteiger partial charge in [-0.2, -0.15) is 0 Å². The molecule has 3 aliphatic heterocycles. The Morgan fingerprint density at radius 3 is 2.58 bits per heavy atom. The topological polar surface area (TPSA) is 123 Å². The number of nitrogens with zero attached hydrogens (tertiary/aromatic N) is 1. The molecule has 2 aromatic carbocycles. The van der Waals surface area contributed by atoms with Gasteiger partial charge in [-0.25, -0.2) is 4.79 Å². The predicted octanol–water partition coefficient (Wildman–Crippen LogP) is 1.83. The van der Waals surface area contributed by atoms with Crippen LogP contribution >= 0.6 is 0 Å². The van der Waals surface area contributed by atoms with Crippen molar-refractivity contribution in [3.63, 3.8) is 0 Å². The van der Waals surface area contributed by atoms with Crippen LogP contribution in [0.2, 0.25) is 0 Å². The molecule has 3 heterocycles. The minimum absolute atomic E-state index is 0.0960. The summed E-state index contributed by atoms with van der Waals surface area (Å²) < 4.78 is 16.6. The summed E-state index contributed by atoms with van der Waals surface area (Å²) >= 11 is 0. The first-order valence-electron chi connectivity index (χ1n) is 10.5. The minimum atomic E-state index is -1.36. The lowest BCUT2D eigenvalue weighted by molar-refractivity contribution is -0.130. The molecule has 1 fully saturated rings. The summed E-state index contributed by atoms with van der Waals surface area (Å²) in [7, 11) is 0. The Hall–Kier alpha value is -4.08. The van der Waals surface area contributed by atoms with Crippen molar-refractivity contribution in [3.8, 4) is 17.2 Å². The van der Waals surface area contributed by atoms with Gasteiger partial charge in [0.25, 0.3) is 11.8 Å². The average molecular weight is 451 g/mol. The Kier molecular flexibility index (Phi) is 4.92. The quantitative estimate of drug-likeness (QED) is 0.537. The van der Waals surface area contributed by atoms with Crippen LogP contribution in [0.3, 0.4) is 0 Å². The Balaban J connectivity index is 1.37. The Morgan fingerprint density at radius 2 is 1.76 bits per heavy atom. The molecule has 0 aliphatic carbocycles. The molecule has 0 aromatic heterocycles. The Bertz CT molecular complexity index is 1190. The third-order valence-corrected chi connectivity index (χ3v) is 5.84. The van der Waals surface area contributed by atoms with E-state index in [-0.39, 0.29) is 18.1 Å². The van der Waals surface area contributed by atoms with E-state index in [2.05, 4.69) is 10.6 Å². The number of ether oxygens (including phenoxy) is 3. The van der Waals surface area contributed by atoms with Crippen LogP contribution in [0.15, 0.2) is 36.4 Å². The largest absolute Gasteiger partial charge is 0.490 e. The average Bonchev–Trinajstić information content (AvgIpc) is 2.96. The zero-order valence-electron chi connectivity index (χ0n) is 17.8. The maximum atomic E-state index is 13.3. The van der Waals surface area contributed by atoms with E-state index in [0.717, 1.165) is 11.3 Å². The first-order chi connectivity index (χ1) is 15.8. The number of hydrogen-bond acceptors (Lipinski definition) is 7. The van der Waals surface area contributed by atoms with Crippen LogP contribution in [0, 0.1) is 0 Å². The number of amides is 4. The van der Waals surface area contributed by atoms with E-state index in [1.54, 1.807) is 31.2 Å². The van der Waals surface area contributed by atoms with Crippen molar-refractivity contribution in [1.29, 1.82) is 0 Å². The molecule has 33 heavy (non-hydrogen) atoms. The molecular formula is C23H21N3O7. The number of carbonyl (C=O) groups is 4. The molecule has 5 rings (SSSR count). The number of carbonyl (C=O) groups excluding carboxylic acids is 4. The fourth-order valence-corrected chi connectivity index (χ4v) is 4.00. The van der Waals surface area contributed by atoms with E-state index in [4.69, 9.17) is 14.2 Å². The molecule has 0 bridgehead atoms. The van der Waals surface area contributed by atoms with Gasteiger partial charge in [-0.3, -0.25) is 19.3 Å². The molecule has 1 saturated heterocycles. The molecule has 0 spiro atoms. The highest BCUT2D eigenvalue weighted by Gasteiger charge is 2.49. The standard InChI is InChI=1S/C23H21N3O7/c1-23(14-4-6-18-19(10-14)32-8-2-7-31-18)21(29)26(22(30)25-23)11-16(27)13-3-5-17-15(9-13)24-20(28)12-33-17/h3-6,9-10H,2,7-8,11-12H2,1H3,(H,24,28)(H,25,30). The van der Waals surface area contributed by atoms with Crippen LogP contribution < -0.4 is 24.8 Å². The smallest absolute Gasteiger partial charge is 0.325 e. The van der Waals surface area contributed by atoms with Gasteiger partial charge in [0, 0.05) is 12.0 Å². The minimum Gasteiger partial charge on any atom is -0.490 e. The Morgan fingerprint density at radius 1 is 1.00 bits per heavy atom. The highest BCUT2D eigenvalue weighted by Crippen LogP contribution is 2.37. The van der Waals surface area contributed by atoms with Crippen LogP contribution in [0.5, 0.6) is 17.2 Å². The normalized spacial score (nSPS) is 21.5. The van der Waals surface area contributed by atoms with Crippen molar-refractivity contribution in [2.45, 2.75) is 18.9 Å². The number of ketones is 1. The lowest BCUT2D eigenvalue weighted by Crippen LogP contribution is -2.41. The first kappa shape index (κ1) is 20.8. The maximum Gasteiger partial charge on any atom is 0.325 e. The second-order valence-corrected chi connectivity index (χ2v) is 8.13. The highest BCUT2D eigenvalue weighted by atomic mass is 16.5. The summed E-state index contributed by atoms with van der Waals surface area (Å²) in [6.07, 6.45) is 0.741. The van der Waals surface area contributed by atoms with E-state index < -0.39 is 29.8 Å². The summed E-state index contributed by atoms with van der Waals surface area (Å²) in [5.41, 5.74) is -0.232. The van der Waals surface area contributed by atoms with Crippen molar-refractivity contribution >= 4 is 29.3 Å². The third kappa shape index (κ3) is 3.63. The lowest BCUT2D eigenvalue weighted by Gasteiger charge is -2.23. The van der Waals surface area contributed by atoms with Crippen molar-refractivity contribution in [1.82, 2.24) is 10.2 Å². The second kappa shape index (κ2) is 7.80. The molecule has 3 aliphatic rings. The summed E-state index contributed by atoms with van der Waals surface area (Å²) in [6, 6.07) is 8.97. The lowest BCUT2D eigenvalue weighted by atomic mass is 9.91. The van der Waals surface area contributed by atoms with Crippen molar-refractivity contribution in [2.24, 2.45) is 0 Å². The van der Waals surface area contributed by atoms with Crippen molar-refractivity contribution in [2.75, 3.05) is 31.7 Å². The van der Waals surface area contributed by atoms with Crippen LogP contribution in [0.1, 0.15) is 29.3 Å². The number of fused-ring (bicyclic) bond motifs is 2. The molecular weight excluding hydrogens is 430 g/mol. The molecule has 1 atom stereocenters. The molecule has 10 nitrogen and oxygen atoms in total. The van der Waals surface area contributed by atoms with E-state index in [9.17, 15) is 19.2 Å². The van der Waals surface area contributed by atoms with Crippen LogP contribution in [0.25, 0.3) is 0 Å². The zero-order chi connectivity index (χ0) is 23.2.